The normalized spacial score (nSPS) is 19.8. The molecule has 9 heteroatoms. The quantitative estimate of drug-likeness (QED) is 0.668. The zero-order chi connectivity index (χ0) is 17.4. The van der Waals surface area contributed by atoms with Crippen molar-refractivity contribution >= 4 is 26.1 Å². The third kappa shape index (κ3) is 3.53. The van der Waals surface area contributed by atoms with E-state index in [4.69, 9.17) is 4.42 Å². The van der Waals surface area contributed by atoms with Crippen LogP contribution in [0, 0.1) is 0 Å². The van der Waals surface area contributed by atoms with Crippen LogP contribution in [0.25, 0.3) is 4.96 Å². The van der Waals surface area contributed by atoms with Crippen LogP contribution >= 0.6 is 11.3 Å². The average molecular weight is 379 g/mol. The third-order valence-electron chi connectivity index (χ3n) is 4.39. The fraction of sp³-hybridized carbons (Fsp3) is 0.375. The number of aromatic nitrogens is 2. The first-order chi connectivity index (χ1) is 12.0. The highest BCUT2D eigenvalue weighted by molar-refractivity contribution is 7.91. The van der Waals surface area contributed by atoms with E-state index in [0.29, 0.717) is 30.2 Å². The predicted octanol–water partition coefficient (Wildman–Crippen LogP) is 1.54. The van der Waals surface area contributed by atoms with Crippen molar-refractivity contribution in [2.75, 3.05) is 11.5 Å². The Morgan fingerprint density at radius 1 is 1.40 bits per heavy atom. The van der Waals surface area contributed by atoms with E-state index in [1.807, 2.05) is 16.3 Å². The van der Waals surface area contributed by atoms with Crippen LogP contribution in [0.4, 0.5) is 0 Å². The molecule has 0 spiro atoms. The van der Waals surface area contributed by atoms with Crippen molar-refractivity contribution in [1.82, 2.24) is 14.3 Å². The Hall–Kier alpha value is -1.97. The maximum atomic E-state index is 12.2. The van der Waals surface area contributed by atoms with Gasteiger partial charge < -0.3 is 4.42 Å². The number of thiazole rings is 1. The molecular formula is C16H17N3O4S2. The SMILES string of the molecule is O=c1cc(CN(Cc2ccco2)C2CCS(=O)(=O)C2)nc2sccn12. The van der Waals surface area contributed by atoms with Crippen LogP contribution in [0.3, 0.4) is 0 Å². The van der Waals surface area contributed by atoms with Gasteiger partial charge in [-0.2, -0.15) is 0 Å². The lowest BCUT2D eigenvalue weighted by Crippen LogP contribution is -2.35. The highest BCUT2D eigenvalue weighted by Gasteiger charge is 2.33. The van der Waals surface area contributed by atoms with Crippen molar-refractivity contribution in [3.8, 4) is 0 Å². The van der Waals surface area contributed by atoms with E-state index >= 15 is 0 Å². The third-order valence-corrected chi connectivity index (χ3v) is 6.89. The molecule has 3 aromatic heterocycles. The summed E-state index contributed by atoms with van der Waals surface area (Å²) in [6.07, 6.45) is 3.88. The first kappa shape index (κ1) is 16.5. The molecule has 0 aromatic carbocycles. The summed E-state index contributed by atoms with van der Waals surface area (Å²) in [5.74, 6) is 1.10. The molecule has 1 unspecified atom stereocenters. The van der Waals surface area contributed by atoms with E-state index in [2.05, 4.69) is 4.98 Å². The number of rotatable bonds is 5. The van der Waals surface area contributed by atoms with Crippen LogP contribution in [-0.4, -0.2) is 40.2 Å². The van der Waals surface area contributed by atoms with Gasteiger partial charge in [-0.05, 0) is 18.6 Å². The van der Waals surface area contributed by atoms with Crippen LogP contribution < -0.4 is 5.56 Å². The number of fused-ring (bicyclic) bond motifs is 1. The molecule has 1 aliphatic heterocycles. The molecule has 0 saturated carbocycles. The maximum absolute atomic E-state index is 12.2. The molecular weight excluding hydrogens is 362 g/mol. The summed E-state index contributed by atoms with van der Waals surface area (Å²) in [5.41, 5.74) is 0.515. The lowest BCUT2D eigenvalue weighted by molar-refractivity contribution is 0.177. The molecule has 25 heavy (non-hydrogen) atoms. The van der Waals surface area contributed by atoms with E-state index in [0.717, 1.165) is 5.76 Å². The van der Waals surface area contributed by atoms with Crippen LogP contribution in [-0.2, 0) is 22.9 Å². The standard InChI is InChI=1S/C16H17N3O4S2/c20-15-8-12(17-16-19(15)4-6-24-16)9-18(10-14-2-1-5-23-14)13-3-7-25(21,22)11-13/h1-2,4-6,8,13H,3,7,9-11H2. The minimum Gasteiger partial charge on any atom is -0.468 e. The highest BCUT2D eigenvalue weighted by atomic mass is 32.2. The van der Waals surface area contributed by atoms with Gasteiger partial charge in [-0.3, -0.25) is 14.1 Å². The second-order valence-electron chi connectivity index (χ2n) is 6.18. The number of furan rings is 1. The van der Waals surface area contributed by atoms with Crippen LogP contribution in [0.5, 0.6) is 0 Å². The van der Waals surface area contributed by atoms with E-state index in [-0.39, 0.29) is 23.1 Å². The summed E-state index contributed by atoms with van der Waals surface area (Å²) < 4.78 is 30.7. The van der Waals surface area contributed by atoms with Gasteiger partial charge in [0.2, 0.25) is 0 Å². The van der Waals surface area contributed by atoms with Gasteiger partial charge in [0.05, 0.1) is 30.0 Å². The lowest BCUT2D eigenvalue weighted by Gasteiger charge is -2.26. The van der Waals surface area contributed by atoms with Crippen LogP contribution in [0.2, 0.25) is 0 Å². The van der Waals surface area contributed by atoms with E-state index in [1.165, 1.54) is 21.8 Å². The molecule has 1 atom stereocenters. The Kier molecular flexibility index (Phi) is 4.22. The van der Waals surface area contributed by atoms with Gasteiger partial charge in [-0.25, -0.2) is 13.4 Å². The molecule has 1 aliphatic rings. The van der Waals surface area contributed by atoms with Crippen molar-refractivity contribution in [3.05, 3.63) is 57.8 Å². The maximum Gasteiger partial charge on any atom is 0.258 e. The molecule has 7 nitrogen and oxygen atoms in total. The number of nitrogens with zero attached hydrogens (tertiary/aromatic N) is 3. The zero-order valence-electron chi connectivity index (χ0n) is 13.4. The first-order valence-electron chi connectivity index (χ1n) is 7.93. The summed E-state index contributed by atoms with van der Waals surface area (Å²) in [5, 5.41) is 1.82. The molecule has 1 fully saturated rings. The predicted molar refractivity (Wildman–Crippen MR) is 94.4 cm³/mol. The summed E-state index contributed by atoms with van der Waals surface area (Å²) in [4.78, 5) is 19.4. The first-order valence-corrected chi connectivity index (χ1v) is 10.6. The van der Waals surface area contributed by atoms with Gasteiger partial charge in [-0.15, -0.1) is 11.3 Å². The van der Waals surface area contributed by atoms with Crippen molar-refractivity contribution in [2.45, 2.75) is 25.6 Å². The van der Waals surface area contributed by atoms with E-state index in [1.54, 1.807) is 18.5 Å². The minimum absolute atomic E-state index is 0.0984. The van der Waals surface area contributed by atoms with Gasteiger partial charge in [0.1, 0.15) is 5.76 Å². The Morgan fingerprint density at radius 2 is 2.28 bits per heavy atom. The van der Waals surface area contributed by atoms with Gasteiger partial charge >= 0.3 is 0 Å². The second-order valence-corrected chi connectivity index (χ2v) is 9.28. The van der Waals surface area contributed by atoms with Gasteiger partial charge in [-0.1, -0.05) is 0 Å². The molecule has 4 heterocycles. The number of sulfone groups is 1. The molecule has 0 radical (unpaired) electrons. The Labute approximate surface area is 148 Å². The van der Waals surface area contributed by atoms with Crippen molar-refractivity contribution in [2.24, 2.45) is 0 Å². The molecule has 0 bridgehead atoms. The summed E-state index contributed by atoms with van der Waals surface area (Å²) in [7, 11) is -3.00. The lowest BCUT2D eigenvalue weighted by atomic mass is 10.2. The smallest absolute Gasteiger partial charge is 0.258 e. The Morgan fingerprint density at radius 3 is 3.00 bits per heavy atom. The number of hydrogen-bond acceptors (Lipinski definition) is 7. The molecule has 0 N–H and O–H groups in total. The Bertz CT molecular complexity index is 1040. The fourth-order valence-corrected chi connectivity index (χ4v) is 5.66. The van der Waals surface area contributed by atoms with Gasteiger partial charge in [0, 0.05) is 30.2 Å². The largest absolute Gasteiger partial charge is 0.468 e. The van der Waals surface area contributed by atoms with E-state index < -0.39 is 9.84 Å². The molecule has 4 rings (SSSR count). The highest BCUT2D eigenvalue weighted by Crippen LogP contribution is 2.22. The molecule has 0 amide bonds. The summed E-state index contributed by atoms with van der Waals surface area (Å²) in [6, 6.07) is 5.08. The minimum atomic E-state index is -3.00. The van der Waals surface area contributed by atoms with Gasteiger partial charge in [0.25, 0.3) is 5.56 Å². The average Bonchev–Trinajstić information content (AvgIpc) is 3.27. The fourth-order valence-electron chi connectivity index (χ4n) is 3.16. The van der Waals surface area contributed by atoms with Crippen LogP contribution in [0.15, 0.2) is 45.3 Å². The zero-order valence-corrected chi connectivity index (χ0v) is 15.0. The van der Waals surface area contributed by atoms with Crippen molar-refractivity contribution in [3.63, 3.8) is 0 Å². The van der Waals surface area contributed by atoms with Gasteiger partial charge in [0.15, 0.2) is 14.8 Å². The van der Waals surface area contributed by atoms with Crippen LogP contribution in [0.1, 0.15) is 17.9 Å². The topological polar surface area (TPSA) is 84.9 Å². The second kappa shape index (κ2) is 6.40. The molecule has 0 aliphatic carbocycles. The Balaban J connectivity index is 1.63. The summed E-state index contributed by atoms with van der Waals surface area (Å²) >= 11 is 1.40. The number of hydrogen-bond donors (Lipinski definition) is 0. The molecule has 3 aromatic rings. The summed E-state index contributed by atoms with van der Waals surface area (Å²) in [6.45, 7) is 0.892. The van der Waals surface area contributed by atoms with E-state index in [9.17, 15) is 13.2 Å². The monoisotopic (exact) mass is 379 g/mol. The van der Waals surface area contributed by atoms with Crippen molar-refractivity contribution < 1.29 is 12.8 Å². The van der Waals surface area contributed by atoms with Crippen molar-refractivity contribution in [1.29, 1.82) is 0 Å². The molecule has 1 saturated heterocycles. The molecule has 132 valence electrons.